The van der Waals surface area contributed by atoms with Gasteiger partial charge >= 0.3 is 6.11 Å². The number of benzene rings is 2. The van der Waals surface area contributed by atoms with Gasteiger partial charge in [-0.05, 0) is 86.8 Å². The largest absolute Gasteiger partial charge is 0.432 e. The third-order valence-electron chi connectivity index (χ3n) is 7.59. The lowest BCUT2D eigenvalue weighted by Crippen LogP contribution is -2.26. The van der Waals surface area contributed by atoms with Crippen LogP contribution in [0.15, 0.2) is 35.9 Å². The highest BCUT2D eigenvalue weighted by Crippen LogP contribution is 2.44. The Balaban J connectivity index is 1.43. The number of rotatable bonds is 7. The number of hydrogen-bond acceptors (Lipinski definition) is 1. The molecule has 1 saturated carbocycles. The molecule has 2 aliphatic rings. The van der Waals surface area contributed by atoms with Crippen molar-refractivity contribution in [2.75, 3.05) is 0 Å². The summed E-state index contributed by atoms with van der Waals surface area (Å²) < 4.78 is 103. The minimum absolute atomic E-state index is 0.149. The summed E-state index contributed by atoms with van der Waals surface area (Å²) in [5.74, 6) is -8.52. The zero-order valence-corrected chi connectivity index (χ0v) is 20.0. The van der Waals surface area contributed by atoms with Crippen molar-refractivity contribution in [2.24, 2.45) is 11.8 Å². The molecule has 0 N–H and O–H groups in total. The molecule has 2 aromatic carbocycles. The smallest absolute Gasteiger partial charge is 0.429 e. The number of hydrogen-bond donors (Lipinski definition) is 0. The predicted molar refractivity (Wildman–Crippen MR) is 122 cm³/mol. The van der Waals surface area contributed by atoms with Gasteiger partial charge in [0, 0.05) is 12.1 Å². The highest BCUT2D eigenvalue weighted by Gasteiger charge is 2.42. The molecule has 36 heavy (non-hydrogen) atoms. The molecule has 2 aromatic rings. The topological polar surface area (TPSA) is 9.23 Å². The maximum atomic E-state index is 14.7. The van der Waals surface area contributed by atoms with Gasteiger partial charge in [-0.1, -0.05) is 25.0 Å². The molecule has 1 unspecified atom stereocenters. The molecule has 0 aromatic heterocycles. The average Bonchev–Trinajstić information content (AvgIpc) is 2.82. The van der Waals surface area contributed by atoms with Gasteiger partial charge in [-0.15, -0.1) is 0 Å². The van der Waals surface area contributed by atoms with Gasteiger partial charge in [-0.25, -0.2) is 22.0 Å². The minimum Gasteiger partial charge on any atom is -0.429 e. The molecule has 0 heterocycles. The lowest BCUT2D eigenvalue weighted by atomic mass is 9.70. The van der Waals surface area contributed by atoms with E-state index in [1.165, 1.54) is 5.57 Å². The van der Waals surface area contributed by atoms with Crippen LogP contribution in [0.5, 0.6) is 5.75 Å². The average molecular weight is 515 g/mol. The Labute approximate surface area is 206 Å². The van der Waals surface area contributed by atoms with Crippen molar-refractivity contribution in [3.63, 3.8) is 0 Å². The zero-order chi connectivity index (χ0) is 26.0. The second-order valence-electron chi connectivity index (χ2n) is 9.94. The first-order valence-electron chi connectivity index (χ1n) is 12.5. The summed E-state index contributed by atoms with van der Waals surface area (Å²) in [5.41, 5.74) is 0.168. The van der Waals surface area contributed by atoms with Crippen LogP contribution in [0.1, 0.15) is 81.8 Å². The maximum absolute atomic E-state index is 14.7. The first-order chi connectivity index (χ1) is 17.1. The van der Waals surface area contributed by atoms with E-state index in [0.717, 1.165) is 57.1 Å². The van der Waals surface area contributed by atoms with Gasteiger partial charge in [0.05, 0.1) is 0 Å². The van der Waals surface area contributed by atoms with E-state index >= 15 is 0 Å². The van der Waals surface area contributed by atoms with Gasteiger partial charge in [-0.2, -0.15) is 8.78 Å². The van der Waals surface area contributed by atoms with Crippen molar-refractivity contribution in [1.82, 2.24) is 0 Å². The molecule has 1 atom stereocenters. The molecule has 1 nitrogen and oxygen atoms in total. The Hall–Kier alpha value is -2.51. The number of allylic oxidation sites excluding steroid dienone is 2. The van der Waals surface area contributed by atoms with E-state index in [1.807, 2.05) is 0 Å². The van der Waals surface area contributed by atoms with Crippen LogP contribution in [-0.4, -0.2) is 0 Å². The van der Waals surface area contributed by atoms with E-state index in [9.17, 15) is 30.7 Å². The van der Waals surface area contributed by atoms with E-state index in [4.69, 9.17) is 0 Å². The molecule has 2 aliphatic carbocycles. The standard InChI is InChI=1S/C28H29F7O/c1-2-3-16-4-6-17(7-5-16)18-8-10-19(11-9-18)20-12-22(29)26(23(30)13-20)28(34,35)36-21-14-24(31)27(33)25(32)15-21/h4,12-15,17-19H,2-3,5-11H2,1H3. The Kier molecular flexibility index (Phi) is 8.00. The molecular formula is C28H29F7O. The molecule has 0 bridgehead atoms. The number of halogens is 7. The summed E-state index contributed by atoms with van der Waals surface area (Å²) in [6, 6.07) is 2.13. The van der Waals surface area contributed by atoms with Gasteiger partial charge in [0.1, 0.15) is 22.9 Å². The van der Waals surface area contributed by atoms with Crippen LogP contribution in [0, 0.1) is 40.9 Å². The normalized spacial score (nSPS) is 22.9. The lowest BCUT2D eigenvalue weighted by Gasteiger charge is -2.36. The molecule has 8 heteroatoms. The van der Waals surface area contributed by atoms with Gasteiger partial charge in [0.15, 0.2) is 17.5 Å². The summed E-state index contributed by atoms with van der Waals surface area (Å²) in [5, 5.41) is 0. The van der Waals surface area contributed by atoms with Crippen LogP contribution in [0.25, 0.3) is 0 Å². The van der Waals surface area contributed by atoms with Gasteiger partial charge < -0.3 is 4.74 Å². The minimum atomic E-state index is -4.58. The van der Waals surface area contributed by atoms with Crippen LogP contribution >= 0.6 is 0 Å². The maximum Gasteiger partial charge on any atom is 0.432 e. The Morgan fingerprint density at radius 2 is 1.42 bits per heavy atom. The van der Waals surface area contributed by atoms with Crippen LogP contribution in [0.2, 0.25) is 0 Å². The summed E-state index contributed by atoms with van der Waals surface area (Å²) in [6.45, 7) is 2.17. The van der Waals surface area contributed by atoms with Gasteiger partial charge in [-0.3, -0.25) is 0 Å². The van der Waals surface area contributed by atoms with Crippen LogP contribution in [0.4, 0.5) is 30.7 Å². The summed E-state index contributed by atoms with van der Waals surface area (Å²) in [4.78, 5) is 0. The van der Waals surface area contributed by atoms with Crippen molar-refractivity contribution in [3.8, 4) is 5.75 Å². The van der Waals surface area contributed by atoms with Gasteiger partial charge in [0.25, 0.3) is 0 Å². The van der Waals surface area contributed by atoms with E-state index in [1.54, 1.807) is 0 Å². The summed E-state index contributed by atoms with van der Waals surface area (Å²) >= 11 is 0. The summed E-state index contributed by atoms with van der Waals surface area (Å²) in [7, 11) is 0. The Bertz CT molecular complexity index is 1070. The molecule has 0 spiro atoms. The quantitative estimate of drug-likeness (QED) is 0.203. The first-order valence-corrected chi connectivity index (χ1v) is 12.5. The van der Waals surface area contributed by atoms with Crippen LogP contribution in [-0.2, 0) is 6.11 Å². The highest BCUT2D eigenvalue weighted by atomic mass is 19.3. The molecule has 4 rings (SSSR count). The fourth-order valence-corrected chi connectivity index (χ4v) is 5.71. The highest BCUT2D eigenvalue weighted by molar-refractivity contribution is 5.33. The van der Waals surface area contributed by atoms with Crippen molar-refractivity contribution >= 4 is 0 Å². The molecule has 1 fully saturated rings. The molecular weight excluding hydrogens is 485 g/mol. The second-order valence-corrected chi connectivity index (χ2v) is 9.94. The van der Waals surface area contributed by atoms with Crippen molar-refractivity contribution in [3.05, 3.63) is 76.1 Å². The SMILES string of the molecule is CCCC1=CCC(C2CCC(c3cc(F)c(C(F)(F)Oc4cc(F)c(F)c(F)c4)c(F)c3)CC2)CC1. The lowest BCUT2D eigenvalue weighted by molar-refractivity contribution is -0.189. The van der Waals surface area contributed by atoms with E-state index in [0.29, 0.717) is 30.2 Å². The van der Waals surface area contributed by atoms with Crippen molar-refractivity contribution in [2.45, 2.75) is 76.7 Å². The van der Waals surface area contributed by atoms with Gasteiger partial charge in [0.2, 0.25) is 0 Å². The van der Waals surface area contributed by atoms with Crippen LogP contribution in [0.3, 0.4) is 0 Å². The molecule has 0 aliphatic heterocycles. The molecule has 196 valence electrons. The molecule has 0 saturated heterocycles. The fraction of sp³-hybridized carbons (Fsp3) is 0.500. The molecule has 0 radical (unpaired) electrons. The Morgan fingerprint density at radius 1 is 0.806 bits per heavy atom. The Morgan fingerprint density at radius 3 is 1.94 bits per heavy atom. The third-order valence-corrected chi connectivity index (χ3v) is 7.59. The predicted octanol–water partition coefficient (Wildman–Crippen LogP) is 9.31. The number of ether oxygens (including phenoxy) is 1. The van der Waals surface area contributed by atoms with E-state index in [2.05, 4.69) is 17.7 Å². The van der Waals surface area contributed by atoms with E-state index < -0.39 is 46.5 Å². The van der Waals surface area contributed by atoms with Crippen LogP contribution < -0.4 is 4.74 Å². The second kappa shape index (κ2) is 10.9. The molecule has 0 amide bonds. The van der Waals surface area contributed by atoms with Crippen molar-refractivity contribution in [1.29, 1.82) is 0 Å². The number of alkyl halides is 2. The van der Waals surface area contributed by atoms with Crippen molar-refractivity contribution < 1.29 is 35.5 Å². The first kappa shape index (κ1) is 26.6. The third kappa shape index (κ3) is 5.73. The zero-order valence-electron chi connectivity index (χ0n) is 20.0. The fourth-order valence-electron chi connectivity index (χ4n) is 5.71. The summed E-state index contributed by atoms with van der Waals surface area (Å²) in [6.07, 6.45) is 6.70. The van der Waals surface area contributed by atoms with E-state index in [-0.39, 0.29) is 18.1 Å². The monoisotopic (exact) mass is 514 g/mol.